The third kappa shape index (κ3) is 24.8. The van der Waals surface area contributed by atoms with Crippen LogP contribution in [0.25, 0.3) is 33.0 Å². The summed E-state index contributed by atoms with van der Waals surface area (Å²) in [5, 5.41) is 31.1. The summed E-state index contributed by atoms with van der Waals surface area (Å²) >= 11 is 39.5. The number of nitrogens with zero attached hydrogens (tertiary/aromatic N) is 6. The second kappa shape index (κ2) is 46.8. The maximum absolute atomic E-state index is 14.0. The number of aliphatic imine (C=N–C) groups is 5. The molecule has 13 aromatic carbocycles. The van der Waals surface area contributed by atoms with Crippen LogP contribution in [0.3, 0.4) is 0 Å². The number of halogens is 10. The highest BCUT2D eigenvalue weighted by atomic mass is 79.9. The number of hydrogen-bond donors (Lipinski definition) is 5. The lowest BCUT2D eigenvalue weighted by molar-refractivity contribution is 0.149. The third-order valence-corrected chi connectivity index (χ3v) is 25.7. The van der Waals surface area contributed by atoms with Crippen LogP contribution >= 0.6 is 89.9 Å². The zero-order chi connectivity index (χ0) is 90.0. The van der Waals surface area contributed by atoms with Crippen LogP contribution in [0.1, 0.15) is 94.6 Å². The lowest BCUT2D eigenvalue weighted by Crippen LogP contribution is -2.21. The summed E-state index contributed by atoms with van der Waals surface area (Å²) in [6.07, 6.45) is 5.35. The zero-order valence-electron chi connectivity index (χ0n) is 71.5. The first kappa shape index (κ1) is 93.9. The average Bonchev–Trinajstić information content (AvgIpc) is 1.64. The summed E-state index contributed by atoms with van der Waals surface area (Å²) in [6.45, 7) is 8.32. The van der Waals surface area contributed by atoms with Crippen molar-refractivity contribution < 1.29 is 22.6 Å². The zero-order valence-corrected chi connectivity index (χ0v) is 78.5. The number of benzene rings is 13. The highest BCUT2D eigenvalue weighted by Gasteiger charge is 2.24. The summed E-state index contributed by atoms with van der Waals surface area (Å²) in [5.74, 6) is 6.08. The summed E-state index contributed by atoms with van der Waals surface area (Å²) in [7, 11) is 3.33. The van der Waals surface area contributed by atoms with Gasteiger partial charge in [-0.05, 0) is 244 Å². The van der Waals surface area contributed by atoms with Crippen molar-refractivity contribution in [2.45, 2.75) is 77.1 Å². The molecule has 23 heteroatoms. The molecule has 5 N–H and O–H groups in total. The third-order valence-electron chi connectivity index (χ3n) is 22.9. The van der Waals surface area contributed by atoms with E-state index >= 15 is 0 Å². The molecule has 0 aliphatic carbocycles. The largest absolute Gasteiger partial charge is 0.497 e. The predicted octanol–water partition coefficient (Wildman–Crippen LogP) is 24.2. The highest BCUT2D eigenvalue weighted by molar-refractivity contribution is 9.10. The fourth-order valence-corrected chi connectivity index (χ4v) is 18.8. The van der Waals surface area contributed by atoms with Gasteiger partial charge >= 0.3 is 0 Å². The molecule has 0 saturated carbocycles. The monoisotopic (exact) mass is 1950 g/mol. The SMILES string of the molecule is COc1ccc(-c2ccc(Br)cc2CCc2c(Cl)cccc2C2=NCCN2)cc1.COc1ccc(C#N)cc1CCc1c(Cl)cccc1C1=NCCN1.Clc1cccc(C2=NCCN2)c1CCc1ccccc1-c1ccccc1.FC(F)Cc1ccc(Br)cc1CCc1c(Cl)cccc1C1=NCCN1.Fc1ccc(CCc2c(Cl)cccc2C2=NCCN2)c2ccccc12. The second-order valence-electron chi connectivity index (χ2n) is 31.1. The quantitative estimate of drug-likeness (QED) is 0.0358. The number of fused-ring (bicyclic) bond motifs is 1. The highest BCUT2D eigenvalue weighted by Crippen LogP contribution is 2.36. The number of nitrogens with one attached hydrogen (secondary N) is 5. The van der Waals surface area contributed by atoms with Crippen molar-refractivity contribution in [2.75, 3.05) is 79.7 Å². The van der Waals surface area contributed by atoms with Gasteiger partial charge in [0.05, 0.1) is 58.6 Å². The second-order valence-corrected chi connectivity index (χ2v) is 34.9. The number of rotatable bonds is 26. The number of alkyl halides is 2. The maximum Gasteiger partial charge on any atom is 0.242 e. The Labute approximate surface area is 794 Å². The van der Waals surface area contributed by atoms with Crippen LogP contribution in [0, 0.1) is 17.1 Å². The Morgan fingerprint density at radius 1 is 0.341 bits per heavy atom. The summed E-state index contributed by atoms with van der Waals surface area (Å²) in [4.78, 5) is 22.7. The van der Waals surface area contributed by atoms with Crippen LogP contribution in [-0.4, -0.2) is 115 Å². The van der Waals surface area contributed by atoms with Crippen molar-refractivity contribution in [3.63, 3.8) is 0 Å². The fraction of sp³-hybridized carbons (Fsp3) is 0.226. The fourth-order valence-electron chi connectivity index (χ4n) is 16.6. The molecule has 0 amide bonds. The minimum Gasteiger partial charge on any atom is -0.497 e. The van der Waals surface area contributed by atoms with E-state index in [-0.39, 0.29) is 12.2 Å². The molecule has 13 nitrogen and oxygen atoms in total. The predicted molar refractivity (Wildman–Crippen MR) is 535 cm³/mol. The van der Waals surface area contributed by atoms with E-state index in [0.29, 0.717) is 34.4 Å². The topological polar surface area (TPSA) is 164 Å². The van der Waals surface area contributed by atoms with Crippen LogP contribution in [0.4, 0.5) is 13.2 Å². The van der Waals surface area contributed by atoms with Crippen molar-refractivity contribution in [1.29, 1.82) is 5.26 Å². The van der Waals surface area contributed by atoms with Gasteiger partial charge in [0.2, 0.25) is 6.43 Å². The first-order valence-electron chi connectivity index (χ1n) is 43.1. The number of ether oxygens (including phenoxy) is 2. The maximum atomic E-state index is 14.0. The van der Waals surface area contributed by atoms with Gasteiger partial charge in [-0.1, -0.05) is 260 Å². The normalized spacial score (nSPS) is 13.4. The van der Waals surface area contributed by atoms with E-state index in [2.05, 4.69) is 193 Å². The van der Waals surface area contributed by atoms with E-state index in [0.717, 1.165) is 259 Å². The Bertz CT molecular complexity index is 6330. The van der Waals surface area contributed by atoms with Gasteiger partial charge in [-0.25, -0.2) is 13.2 Å². The number of nitriles is 1. The summed E-state index contributed by atoms with van der Waals surface area (Å²) < 4.78 is 52.4. The first-order valence-corrected chi connectivity index (χ1v) is 46.6. The van der Waals surface area contributed by atoms with Gasteiger partial charge in [0.1, 0.15) is 46.5 Å². The van der Waals surface area contributed by atoms with E-state index < -0.39 is 6.43 Å². The van der Waals surface area contributed by atoms with Crippen LogP contribution in [0.15, 0.2) is 295 Å². The molecule has 18 rings (SSSR count). The number of hydrogen-bond acceptors (Lipinski definition) is 13. The molecular weight excluding hydrogens is 1850 g/mol. The van der Waals surface area contributed by atoms with Gasteiger partial charge in [-0.2, -0.15) is 5.26 Å². The molecule has 0 radical (unpaired) electrons. The van der Waals surface area contributed by atoms with Gasteiger partial charge in [-0.3, -0.25) is 25.0 Å². The van der Waals surface area contributed by atoms with Crippen LogP contribution in [-0.2, 0) is 70.6 Å². The van der Waals surface area contributed by atoms with Gasteiger partial charge in [0.25, 0.3) is 0 Å². The van der Waals surface area contributed by atoms with Crippen LogP contribution in [0.2, 0.25) is 25.1 Å². The molecule has 5 heterocycles. The molecule has 0 saturated heterocycles. The lowest BCUT2D eigenvalue weighted by atomic mass is 9.93. The molecule has 5 aliphatic rings. The number of methoxy groups -OCH3 is 2. The molecule has 13 aromatic rings. The van der Waals surface area contributed by atoms with E-state index in [1.54, 1.807) is 38.5 Å². The standard InChI is InChI=1S/C24H22BrClN2O.C23H21ClN2.C21H18ClFN2.C19H18BrClF2N2.C19H18ClN3O/c1-29-19-9-5-16(6-10-19)20-12-8-18(25)15-17(20)7-11-21-22(3-2-4-23(21)26)24-27-13-14-28-24;24-22-12-6-11-21(23-25-15-16-26-23)20(22)14-13-18-9-4-5-10-19(18)17-7-2-1-3-8-17;22-19-7-3-6-18(21-24-12-13-25-21)16(19)10-8-14-9-11-20(23)17-5-2-1-4-15(14)17;20-14-6-4-13(11-18(22)23)12(10-14)5-7-15-16(2-1-3-17(15)21)19-24-8-9-25-19;1-24-18-8-5-13(12-21)11-14(18)6-7-15-16(3-2-4-17(15)20)19-22-9-10-23-19/h2-6,8-10,12,15H,7,11,13-14H2,1H3,(H,27,28);1-12H,13-16H2,(H,25,26);1-7,9,11H,8,10,12-13H2,(H,24,25);1-4,6,10,18H,5,7-9,11H2,(H,24,25);2-5,8,11H,6-7,9-10H2,1H3,(H,22,23). The van der Waals surface area contributed by atoms with E-state index in [4.69, 9.17) is 72.7 Å². The molecule has 129 heavy (non-hydrogen) atoms. The Morgan fingerprint density at radius 2 is 0.713 bits per heavy atom. The molecule has 0 unspecified atom stereocenters. The Morgan fingerprint density at radius 3 is 1.15 bits per heavy atom. The molecular formula is C106H97Br2Cl5F3N11O2. The van der Waals surface area contributed by atoms with Crippen LogP contribution < -0.4 is 36.1 Å². The van der Waals surface area contributed by atoms with E-state index in [1.165, 1.54) is 38.9 Å². The van der Waals surface area contributed by atoms with Crippen molar-refractivity contribution in [3.05, 3.63) is 395 Å². The first-order chi connectivity index (χ1) is 63.0. The van der Waals surface area contributed by atoms with E-state index in [1.807, 2.05) is 133 Å². The average molecular weight is 1950 g/mol. The number of aryl methyl sites for hydroxylation is 5. The molecule has 658 valence electrons. The Kier molecular flexibility index (Phi) is 34.1. The Balaban J connectivity index is 0.000000130. The smallest absolute Gasteiger partial charge is 0.242 e. The molecule has 5 aliphatic heterocycles. The summed E-state index contributed by atoms with van der Waals surface area (Å²) in [6, 6.07) is 87.7. The lowest BCUT2D eigenvalue weighted by Gasteiger charge is -2.15. The summed E-state index contributed by atoms with van der Waals surface area (Å²) in [5.41, 5.74) is 22.7. The molecule has 0 atom stereocenters. The Hall–Kier alpha value is -11.2. The molecule has 0 fully saturated rings. The van der Waals surface area contributed by atoms with Gasteiger partial charge < -0.3 is 36.1 Å². The number of amidine groups is 5. The molecule has 0 spiro atoms. The molecule has 0 aromatic heterocycles. The van der Waals surface area contributed by atoms with Crippen molar-refractivity contribution >= 4 is 130 Å². The van der Waals surface area contributed by atoms with Crippen molar-refractivity contribution in [2.24, 2.45) is 25.0 Å². The van der Waals surface area contributed by atoms with Crippen molar-refractivity contribution in [1.82, 2.24) is 26.6 Å². The van der Waals surface area contributed by atoms with Crippen LogP contribution in [0.5, 0.6) is 11.5 Å². The van der Waals surface area contributed by atoms with E-state index in [9.17, 15) is 13.2 Å². The minimum absolute atomic E-state index is 0.178. The minimum atomic E-state index is -2.35. The van der Waals surface area contributed by atoms with Gasteiger partial charge in [-0.15, -0.1) is 0 Å². The van der Waals surface area contributed by atoms with Gasteiger partial charge in [0, 0.05) is 106 Å². The van der Waals surface area contributed by atoms with Gasteiger partial charge in [0.15, 0.2) is 0 Å². The van der Waals surface area contributed by atoms with Crippen molar-refractivity contribution in [3.8, 4) is 39.8 Å². The molecule has 0 bridgehead atoms.